The van der Waals surface area contributed by atoms with Crippen molar-refractivity contribution in [2.45, 2.75) is 18.4 Å². The van der Waals surface area contributed by atoms with Crippen LogP contribution in [0.4, 0.5) is 0 Å². The lowest BCUT2D eigenvalue weighted by Crippen LogP contribution is -2.00. The minimum atomic E-state index is -0.276. The summed E-state index contributed by atoms with van der Waals surface area (Å²) in [4.78, 5) is 17.5. The fourth-order valence-electron chi connectivity index (χ4n) is 2.10. The second-order valence-corrected chi connectivity index (χ2v) is 3.98. The number of benzene rings is 1. The van der Waals surface area contributed by atoms with Crippen molar-refractivity contribution < 1.29 is 4.79 Å². The number of nitrogens with one attached hydrogen (secondary N) is 1. The molecule has 1 aromatic heterocycles. The first-order chi connectivity index (χ1) is 7.36. The standard InChI is InChI=1S/C12H10N2O/c15-8-14-12(5-6-12)10-7-13-11-4-2-1-3-9(10)11/h1-4,7,13H,5-6H2. The molecule has 0 aliphatic heterocycles. The van der Waals surface area contributed by atoms with Gasteiger partial charge in [-0.3, -0.25) is 0 Å². The largest absolute Gasteiger partial charge is 0.361 e. The first-order valence-electron chi connectivity index (χ1n) is 5.01. The molecule has 0 unspecified atom stereocenters. The smallest absolute Gasteiger partial charge is 0.235 e. The second kappa shape index (κ2) is 2.81. The van der Waals surface area contributed by atoms with Crippen LogP contribution in [0.2, 0.25) is 0 Å². The zero-order valence-corrected chi connectivity index (χ0v) is 8.16. The van der Waals surface area contributed by atoms with Crippen molar-refractivity contribution in [3.63, 3.8) is 0 Å². The van der Waals surface area contributed by atoms with Crippen molar-refractivity contribution in [2.24, 2.45) is 4.99 Å². The summed E-state index contributed by atoms with van der Waals surface area (Å²) < 4.78 is 0. The van der Waals surface area contributed by atoms with E-state index in [4.69, 9.17) is 0 Å². The van der Waals surface area contributed by atoms with Gasteiger partial charge in [0.05, 0.1) is 0 Å². The topological polar surface area (TPSA) is 45.2 Å². The van der Waals surface area contributed by atoms with Gasteiger partial charge in [0.15, 0.2) is 0 Å². The van der Waals surface area contributed by atoms with E-state index in [0.717, 1.165) is 29.3 Å². The highest BCUT2D eigenvalue weighted by Gasteiger charge is 2.46. The molecule has 0 saturated heterocycles. The number of aromatic amines is 1. The number of nitrogens with zero attached hydrogens (tertiary/aromatic N) is 1. The fourth-order valence-corrected chi connectivity index (χ4v) is 2.10. The number of aliphatic imine (C=N–C) groups is 1. The van der Waals surface area contributed by atoms with E-state index in [-0.39, 0.29) is 5.54 Å². The molecule has 0 bridgehead atoms. The maximum atomic E-state index is 10.4. The van der Waals surface area contributed by atoms with Crippen molar-refractivity contribution in [1.82, 2.24) is 4.98 Å². The molecule has 74 valence electrons. The van der Waals surface area contributed by atoms with E-state index >= 15 is 0 Å². The lowest BCUT2D eigenvalue weighted by atomic mass is 10.0. The average Bonchev–Trinajstić information content (AvgIpc) is 2.91. The van der Waals surface area contributed by atoms with Crippen molar-refractivity contribution in [3.8, 4) is 0 Å². The molecule has 0 atom stereocenters. The second-order valence-electron chi connectivity index (χ2n) is 3.98. The molecule has 0 spiro atoms. The van der Waals surface area contributed by atoms with E-state index < -0.39 is 0 Å². The molecule has 2 aromatic rings. The fraction of sp³-hybridized carbons (Fsp3) is 0.250. The molecule has 3 nitrogen and oxygen atoms in total. The third-order valence-electron chi connectivity index (χ3n) is 3.07. The normalized spacial score (nSPS) is 17.3. The van der Waals surface area contributed by atoms with Crippen LogP contribution in [0.5, 0.6) is 0 Å². The van der Waals surface area contributed by atoms with E-state index in [1.165, 1.54) is 0 Å². The summed E-state index contributed by atoms with van der Waals surface area (Å²) in [5.74, 6) is 0. The van der Waals surface area contributed by atoms with Crippen LogP contribution in [0.3, 0.4) is 0 Å². The van der Waals surface area contributed by atoms with Gasteiger partial charge in [-0.2, -0.15) is 4.99 Å². The third kappa shape index (κ3) is 1.14. The Bertz CT molecular complexity index is 560. The van der Waals surface area contributed by atoms with Crippen LogP contribution in [0.1, 0.15) is 18.4 Å². The van der Waals surface area contributed by atoms with E-state index in [1.807, 2.05) is 24.4 Å². The monoisotopic (exact) mass is 198 g/mol. The summed E-state index contributed by atoms with van der Waals surface area (Å²) in [5, 5.41) is 1.16. The molecular weight excluding hydrogens is 188 g/mol. The minimum absolute atomic E-state index is 0.276. The molecule has 1 saturated carbocycles. The van der Waals surface area contributed by atoms with Crippen LogP contribution < -0.4 is 0 Å². The minimum Gasteiger partial charge on any atom is -0.361 e. The van der Waals surface area contributed by atoms with Crippen LogP contribution in [-0.2, 0) is 10.3 Å². The molecule has 3 heteroatoms. The van der Waals surface area contributed by atoms with Crippen molar-refractivity contribution >= 4 is 17.0 Å². The number of aromatic nitrogens is 1. The van der Waals surface area contributed by atoms with E-state index in [9.17, 15) is 4.79 Å². The Morgan fingerprint density at radius 2 is 2.13 bits per heavy atom. The number of rotatable bonds is 2. The molecule has 1 heterocycles. The summed E-state index contributed by atoms with van der Waals surface area (Å²) in [6, 6.07) is 8.08. The van der Waals surface area contributed by atoms with Crippen LogP contribution in [0.25, 0.3) is 10.9 Å². The Kier molecular flexibility index (Phi) is 1.58. The maximum absolute atomic E-state index is 10.4. The Morgan fingerprint density at radius 3 is 2.87 bits per heavy atom. The van der Waals surface area contributed by atoms with Gasteiger partial charge in [-0.25, -0.2) is 4.79 Å². The summed E-state index contributed by atoms with van der Waals surface area (Å²) in [6.45, 7) is 0. The van der Waals surface area contributed by atoms with Gasteiger partial charge in [-0.05, 0) is 18.9 Å². The first kappa shape index (κ1) is 8.45. The average molecular weight is 198 g/mol. The summed E-state index contributed by atoms with van der Waals surface area (Å²) in [5.41, 5.74) is 1.95. The molecule has 1 N–H and O–H groups in total. The maximum Gasteiger partial charge on any atom is 0.235 e. The molecule has 1 aliphatic carbocycles. The highest BCUT2D eigenvalue weighted by Crippen LogP contribution is 2.51. The van der Waals surface area contributed by atoms with E-state index in [2.05, 4.69) is 16.0 Å². The predicted molar refractivity (Wildman–Crippen MR) is 57.3 cm³/mol. The highest BCUT2D eigenvalue weighted by molar-refractivity contribution is 5.84. The van der Waals surface area contributed by atoms with Crippen LogP contribution in [0.15, 0.2) is 35.5 Å². The van der Waals surface area contributed by atoms with Gasteiger partial charge in [0.2, 0.25) is 6.08 Å². The Labute approximate surface area is 86.8 Å². The summed E-state index contributed by atoms with van der Waals surface area (Å²) >= 11 is 0. The SMILES string of the molecule is O=C=NC1(c2c[nH]c3ccccc23)CC1. The number of H-pyrrole nitrogens is 1. The Hall–Kier alpha value is -1.86. The van der Waals surface area contributed by atoms with Gasteiger partial charge in [-0.1, -0.05) is 18.2 Å². The van der Waals surface area contributed by atoms with Crippen molar-refractivity contribution in [1.29, 1.82) is 0 Å². The van der Waals surface area contributed by atoms with Gasteiger partial charge >= 0.3 is 0 Å². The number of fused-ring (bicyclic) bond motifs is 1. The summed E-state index contributed by atoms with van der Waals surface area (Å²) in [7, 11) is 0. The van der Waals surface area contributed by atoms with Gasteiger partial charge in [-0.15, -0.1) is 0 Å². The predicted octanol–water partition coefficient (Wildman–Crippen LogP) is 2.49. The van der Waals surface area contributed by atoms with Crippen LogP contribution >= 0.6 is 0 Å². The van der Waals surface area contributed by atoms with Gasteiger partial charge in [0.1, 0.15) is 5.54 Å². The molecule has 0 amide bonds. The quantitative estimate of drug-likeness (QED) is 0.584. The molecular formula is C12H10N2O. The Morgan fingerprint density at radius 1 is 1.33 bits per heavy atom. The number of isocyanates is 1. The lowest BCUT2D eigenvalue weighted by molar-refractivity contribution is 0.556. The number of para-hydroxylation sites is 1. The van der Waals surface area contributed by atoms with Crippen molar-refractivity contribution in [2.75, 3.05) is 0 Å². The number of hydrogen-bond acceptors (Lipinski definition) is 2. The Balaban J connectivity index is 2.24. The van der Waals surface area contributed by atoms with E-state index in [0.29, 0.717) is 0 Å². The van der Waals surface area contributed by atoms with Crippen LogP contribution in [-0.4, -0.2) is 11.1 Å². The van der Waals surface area contributed by atoms with E-state index in [1.54, 1.807) is 6.08 Å². The van der Waals surface area contributed by atoms with Crippen molar-refractivity contribution in [3.05, 3.63) is 36.0 Å². The van der Waals surface area contributed by atoms with Crippen LogP contribution in [0, 0.1) is 0 Å². The van der Waals surface area contributed by atoms with Gasteiger partial charge < -0.3 is 4.98 Å². The first-order valence-corrected chi connectivity index (χ1v) is 5.01. The third-order valence-corrected chi connectivity index (χ3v) is 3.07. The lowest BCUT2D eigenvalue weighted by Gasteiger charge is -2.04. The zero-order valence-electron chi connectivity index (χ0n) is 8.16. The highest BCUT2D eigenvalue weighted by atomic mass is 16.1. The van der Waals surface area contributed by atoms with Gasteiger partial charge in [0, 0.05) is 22.7 Å². The number of carbonyl (C=O) groups excluding carboxylic acids is 1. The zero-order chi connectivity index (χ0) is 10.3. The summed E-state index contributed by atoms with van der Waals surface area (Å²) in [6.07, 6.45) is 5.54. The number of hydrogen-bond donors (Lipinski definition) is 1. The molecule has 1 aromatic carbocycles. The molecule has 3 rings (SSSR count). The molecule has 15 heavy (non-hydrogen) atoms. The van der Waals surface area contributed by atoms with Gasteiger partial charge in [0.25, 0.3) is 0 Å². The molecule has 1 fully saturated rings. The molecule has 1 aliphatic rings. The molecule has 0 radical (unpaired) electrons.